The molecule has 0 aromatic heterocycles. The number of piperidine rings is 1. The molecule has 1 heterocycles. The van der Waals surface area contributed by atoms with E-state index in [4.69, 9.17) is 0 Å². The molecule has 2 atom stereocenters. The minimum atomic E-state index is -0.163. The highest BCUT2D eigenvalue weighted by atomic mass is 16.3. The molecule has 1 aromatic rings. The molecule has 1 aliphatic heterocycles. The zero-order valence-corrected chi connectivity index (χ0v) is 13.8. The van der Waals surface area contributed by atoms with E-state index in [2.05, 4.69) is 15.5 Å². The van der Waals surface area contributed by atoms with E-state index in [1.54, 1.807) is 0 Å². The molecule has 0 radical (unpaired) electrons. The maximum Gasteiger partial charge on any atom is 0.319 e. The lowest BCUT2D eigenvalue weighted by Gasteiger charge is -2.37. The third kappa shape index (κ3) is 4.24. The van der Waals surface area contributed by atoms with Gasteiger partial charge in [0.05, 0.1) is 6.10 Å². The number of hydrogen-bond acceptors (Lipinski definition) is 3. The van der Waals surface area contributed by atoms with Gasteiger partial charge in [0.1, 0.15) is 0 Å². The largest absolute Gasteiger partial charge is 0.391 e. The molecule has 5 heteroatoms. The van der Waals surface area contributed by atoms with Crippen molar-refractivity contribution in [1.29, 1.82) is 0 Å². The summed E-state index contributed by atoms with van der Waals surface area (Å²) in [6, 6.07) is 8.23. The molecule has 1 aromatic carbocycles. The van der Waals surface area contributed by atoms with Gasteiger partial charge in [-0.3, -0.25) is 4.90 Å². The van der Waals surface area contributed by atoms with Gasteiger partial charge in [-0.05, 0) is 56.7 Å². The number of rotatable bonds is 3. The molecule has 3 N–H and O–H groups in total. The highest BCUT2D eigenvalue weighted by Crippen LogP contribution is 2.26. The number of nitrogens with one attached hydrogen (secondary N) is 2. The van der Waals surface area contributed by atoms with Crippen LogP contribution in [0.5, 0.6) is 0 Å². The van der Waals surface area contributed by atoms with Crippen LogP contribution in [0.3, 0.4) is 0 Å². The first-order valence-electron chi connectivity index (χ1n) is 8.68. The molecule has 1 saturated carbocycles. The molecule has 2 aliphatic rings. The molecular weight excluding hydrogens is 290 g/mol. The summed E-state index contributed by atoms with van der Waals surface area (Å²) in [7, 11) is 0. The molecule has 23 heavy (non-hydrogen) atoms. The number of anilines is 1. The number of hydrogen-bond donors (Lipinski definition) is 3. The van der Waals surface area contributed by atoms with Crippen molar-refractivity contribution in [2.24, 2.45) is 0 Å². The van der Waals surface area contributed by atoms with Gasteiger partial charge in [0.2, 0.25) is 0 Å². The lowest BCUT2D eigenvalue weighted by Crippen LogP contribution is -2.50. The van der Waals surface area contributed by atoms with Crippen LogP contribution in [0.4, 0.5) is 10.5 Å². The van der Waals surface area contributed by atoms with Gasteiger partial charge in [-0.25, -0.2) is 4.79 Å². The number of carbonyl (C=O) groups is 1. The number of likely N-dealkylation sites (tertiary alicyclic amines) is 1. The lowest BCUT2D eigenvalue weighted by atomic mass is 10.0. The molecule has 0 bridgehead atoms. The average molecular weight is 317 g/mol. The monoisotopic (exact) mass is 317 g/mol. The molecule has 126 valence electrons. The van der Waals surface area contributed by atoms with E-state index in [0.29, 0.717) is 6.04 Å². The van der Waals surface area contributed by atoms with E-state index in [9.17, 15) is 9.90 Å². The second kappa shape index (κ2) is 7.32. The number of nitrogens with zero attached hydrogens (tertiary/aromatic N) is 1. The van der Waals surface area contributed by atoms with Crippen LogP contribution in [0, 0.1) is 6.92 Å². The lowest BCUT2D eigenvalue weighted by molar-refractivity contribution is 0.0537. The number of aliphatic hydroxyl groups excluding tert-OH is 1. The minimum Gasteiger partial charge on any atom is -0.391 e. The molecule has 5 nitrogen and oxygen atoms in total. The summed E-state index contributed by atoms with van der Waals surface area (Å²) in [5, 5.41) is 16.0. The van der Waals surface area contributed by atoms with Crippen molar-refractivity contribution in [2.45, 2.75) is 57.2 Å². The molecule has 3 rings (SSSR count). The first-order valence-corrected chi connectivity index (χ1v) is 8.68. The predicted molar refractivity (Wildman–Crippen MR) is 91.6 cm³/mol. The van der Waals surface area contributed by atoms with Crippen molar-refractivity contribution in [3.63, 3.8) is 0 Å². The van der Waals surface area contributed by atoms with Crippen molar-refractivity contribution in [2.75, 3.05) is 18.4 Å². The zero-order valence-electron chi connectivity index (χ0n) is 13.8. The number of benzene rings is 1. The third-order valence-corrected chi connectivity index (χ3v) is 5.05. The quantitative estimate of drug-likeness (QED) is 0.802. The Morgan fingerprint density at radius 2 is 2.00 bits per heavy atom. The molecule has 1 saturated heterocycles. The summed E-state index contributed by atoms with van der Waals surface area (Å²) < 4.78 is 0. The Morgan fingerprint density at radius 3 is 2.65 bits per heavy atom. The van der Waals surface area contributed by atoms with Crippen LogP contribution < -0.4 is 10.6 Å². The number of urea groups is 1. The third-order valence-electron chi connectivity index (χ3n) is 5.05. The first-order chi connectivity index (χ1) is 11.1. The Morgan fingerprint density at radius 1 is 1.22 bits per heavy atom. The molecule has 1 aliphatic carbocycles. The van der Waals surface area contributed by atoms with Gasteiger partial charge in [-0.15, -0.1) is 0 Å². The Hall–Kier alpha value is -1.59. The molecule has 2 amide bonds. The second-order valence-electron chi connectivity index (χ2n) is 6.84. The second-order valence-corrected chi connectivity index (χ2v) is 6.84. The van der Waals surface area contributed by atoms with Gasteiger partial charge in [-0.1, -0.05) is 12.1 Å². The SMILES string of the molecule is Cc1cccc(NC(=O)NC2CCN([C@H]3CCC[C@@H]3O)CC2)c1. The predicted octanol–water partition coefficient (Wildman–Crippen LogP) is 2.49. The minimum absolute atomic E-state index is 0.130. The fourth-order valence-electron chi connectivity index (χ4n) is 3.80. The van der Waals surface area contributed by atoms with Crippen LogP contribution in [0.1, 0.15) is 37.7 Å². The Labute approximate surface area is 138 Å². The summed E-state index contributed by atoms with van der Waals surface area (Å²) >= 11 is 0. The van der Waals surface area contributed by atoms with Gasteiger partial charge >= 0.3 is 6.03 Å². The molecule has 0 unspecified atom stereocenters. The van der Waals surface area contributed by atoms with Crippen molar-refractivity contribution >= 4 is 11.7 Å². The molecular formula is C18H27N3O2. The summed E-state index contributed by atoms with van der Waals surface area (Å²) in [6.07, 6.45) is 4.90. The van der Waals surface area contributed by atoms with Gasteiger partial charge < -0.3 is 15.7 Å². The van der Waals surface area contributed by atoms with Crippen LogP contribution >= 0.6 is 0 Å². The van der Waals surface area contributed by atoms with Crippen LogP contribution in [-0.4, -0.2) is 47.3 Å². The number of carbonyl (C=O) groups excluding carboxylic acids is 1. The summed E-state index contributed by atoms with van der Waals surface area (Å²) in [6.45, 7) is 3.92. The number of aliphatic hydroxyl groups is 1. The van der Waals surface area contributed by atoms with Crippen LogP contribution in [0.2, 0.25) is 0 Å². The fraction of sp³-hybridized carbons (Fsp3) is 0.611. The Bertz CT molecular complexity index is 541. The molecule has 0 spiro atoms. The van der Waals surface area contributed by atoms with E-state index in [-0.39, 0.29) is 18.2 Å². The van der Waals surface area contributed by atoms with E-state index >= 15 is 0 Å². The zero-order chi connectivity index (χ0) is 16.2. The summed E-state index contributed by atoms with van der Waals surface area (Å²) in [5.41, 5.74) is 1.96. The van der Waals surface area contributed by atoms with Crippen LogP contribution in [-0.2, 0) is 0 Å². The number of amides is 2. The van der Waals surface area contributed by atoms with Crippen molar-refractivity contribution in [3.05, 3.63) is 29.8 Å². The van der Waals surface area contributed by atoms with E-state index in [0.717, 1.165) is 56.4 Å². The average Bonchev–Trinajstić information content (AvgIpc) is 2.94. The maximum absolute atomic E-state index is 12.1. The van der Waals surface area contributed by atoms with Crippen molar-refractivity contribution < 1.29 is 9.90 Å². The number of aryl methyl sites for hydroxylation is 1. The maximum atomic E-state index is 12.1. The summed E-state index contributed by atoms with van der Waals surface area (Å²) in [5.74, 6) is 0. The first kappa shape index (κ1) is 16.3. The smallest absolute Gasteiger partial charge is 0.319 e. The summed E-state index contributed by atoms with van der Waals surface area (Å²) in [4.78, 5) is 14.5. The van der Waals surface area contributed by atoms with Crippen LogP contribution in [0.25, 0.3) is 0 Å². The normalized spacial score (nSPS) is 26.2. The van der Waals surface area contributed by atoms with Crippen molar-refractivity contribution in [1.82, 2.24) is 10.2 Å². The molecule has 2 fully saturated rings. The standard InChI is InChI=1S/C18H27N3O2/c1-13-4-2-5-15(12-13)20-18(23)19-14-8-10-21(11-9-14)16-6-3-7-17(16)22/h2,4-5,12,14,16-17,22H,3,6-11H2,1H3,(H2,19,20,23)/t16-,17-/m0/s1. The van der Waals surface area contributed by atoms with Crippen molar-refractivity contribution in [3.8, 4) is 0 Å². The van der Waals surface area contributed by atoms with Gasteiger partial charge in [-0.2, -0.15) is 0 Å². The highest BCUT2D eigenvalue weighted by molar-refractivity contribution is 5.89. The highest BCUT2D eigenvalue weighted by Gasteiger charge is 2.33. The van der Waals surface area contributed by atoms with Gasteiger partial charge in [0.15, 0.2) is 0 Å². The Kier molecular flexibility index (Phi) is 5.18. The topological polar surface area (TPSA) is 64.6 Å². The van der Waals surface area contributed by atoms with E-state index in [1.165, 1.54) is 0 Å². The Balaban J connectivity index is 1.44. The van der Waals surface area contributed by atoms with Gasteiger partial charge in [0, 0.05) is 30.9 Å². The van der Waals surface area contributed by atoms with Crippen LogP contribution in [0.15, 0.2) is 24.3 Å². The fourth-order valence-corrected chi connectivity index (χ4v) is 3.80. The van der Waals surface area contributed by atoms with Gasteiger partial charge in [0.25, 0.3) is 0 Å². The van der Waals surface area contributed by atoms with E-state index < -0.39 is 0 Å². The van der Waals surface area contributed by atoms with E-state index in [1.807, 2.05) is 31.2 Å².